The number of aliphatic hydroxyl groups is 1. The second kappa shape index (κ2) is 7.10. The monoisotopic (exact) mass is 349 g/mol. The van der Waals surface area contributed by atoms with Crippen LogP contribution in [-0.2, 0) is 16.1 Å². The molecule has 6 nitrogen and oxygen atoms in total. The molecule has 1 N–H and O–H groups in total. The van der Waals surface area contributed by atoms with Gasteiger partial charge in [-0.25, -0.2) is 0 Å². The molecular formula is C15H22F3N3O3. The second-order valence-electron chi connectivity index (χ2n) is 6.11. The van der Waals surface area contributed by atoms with Crippen LogP contribution in [0.15, 0.2) is 12.3 Å². The van der Waals surface area contributed by atoms with E-state index in [9.17, 15) is 23.1 Å². The van der Waals surface area contributed by atoms with Crippen LogP contribution in [0.25, 0.3) is 0 Å². The van der Waals surface area contributed by atoms with Gasteiger partial charge in [-0.05, 0) is 25.8 Å². The molecule has 1 aromatic heterocycles. The minimum Gasteiger partial charge on any atom is -0.383 e. The Morgan fingerprint density at radius 2 is 2.04 bits per heavy atom. The van der Waals surface area contributed by atoms with Crippen molar-refractivity contribution in [2.24, 2.45) is 0 Å². The lowest BCUT2D eigenvalue weighted by Gasteiger charge is -2.36. The predicted octanol–water partition coefficient (Wildman–Crippen LogP) is 1.55. The van der Waals surface area contributed by atoms with Gasteiger partial charge in [0.2, 0.25) is 5.60 Å². The van der Waals surface area contributed by atoms with E-state index in [1.54, 1.807) is 13.3 Å². The predicted molar refractivity (Wildman–Crippen MR) is 79.3 cm³/mol. The Labute approximate surface area is 138 Å². The molecule has 0 aromatic carbocycles. The van der Waals surface area contributed by atoms with E-state index < -0.39 is 17.7 Å². The highest BCUT2D eigenvalue weighted by atomic mass is 19.4. The second-order valence-corrected chi connectivity index (χ2v) is 6.11. The van der Waals surface area contributed by atoms with E-state index in [1.165, 1.54) is 0 Å². The van der Waals surface area contributed by atoms with Crippen LogP contribution in [0.3, 0.4) is 0 Å². The van der Waals surface area contributed by atoms with Gasteiger partial charge >= 0.3 is 6.18 Å². The normalized spacial score (nSPS) is 19.3. The molecule has 1 aliphatic rings. The molecule has 0 spiro atoms. The molecule has 9 heteroatoms. The molecular weight excluding hydrogens is 327 g/mol. The molecule has 2 rings (SSSR count). The summed E-state index contributed by atoms with van der Waals surface area (Å²) in [4.78, 5) is 13.1. The largest absolute Gasteiger partial charge is 0.426 e. The minimum absolute atomic E-state index is 0.115. The molecule has 1 amide bonds. The van der Waals surface area contributed by atoms with Gasteiger partial charge in [-0.1, -0.05) is 0 Å². The van der Waals surface area contributed by atoms with Crippen molar-refractivity contribution in [3.8, 4) is 0 Å². The number of alkyl halides is 3. The fraction of sp³-hybridized carbons (Fsp3) is 0.733. The SMILES string of the molecule is COCCn1nccc1C1CCN(C(=O)[C@@](C)(O)C(F)(F)F)CC1. The van der Waals surface area contributed by atoms with Crippen LogP contribution in [0.4, 0.5) is 13.2 Å². The Hall–Kier alpha value is -1.61. The number of rotatable bonds is 5. The average molecular weight is 349 g/mol. The van der Waals surface area contributed by atoms with Crippen molar-refractivity contribution in [2.45, 2.75) is 44.0 Å². The number of halogens is 3. The number of ether oxygens (including phenoxy) is 1. The van der Waals surface area contributed by atoms with Crippen molar-refractivity contribution in [1.82, 2.24) is 14.7 Å². The summed E-state index contributed by atoms with van der Waals surface area (Å²) in [5.41, 5.74) is -2.36. The van der Waals surface area contributed by atoms with Crippen LogP contribution >= 0.6 is 0 Å². The first kappa shape index (κ1) is 18.7. The van der Waals surface area contributed by atoms with E-state index in [4.69, 9.17) is 4.74 Å². The highest BCUT2D eigenvalue weighted by molar-refractivity contribution is 5.85. The van der Waals surface area contributed by atoms with Gasteiger partial charge in [0.25, 0.3) is 5.91 Å². The fourth-order valence-corrected chi connectivity index (χ4v) is 2.86. The summed E-state index contributed by atoms with van der Waals surface area (Å²) < 4.78 is 45.2. The summed E-state index contributed by atoms with van der Waals surface area (Å²) in [7, 11) is 1.60. The zero-order valence-corrected chi connectivity index (χ0v) is 13.7. The maximum atomic E-state index is 12.8. The topological polar surface area (TPSA) is 67.6 Å². The van der Waals surface area contributed by atoms with Crippen molar-refractivity contribution < 1.29 is 27.8 Å². The maximum Gasteiger partial charge on any atom is 0.426 e. The van der Waals surface area contributed by atoms with E-state index in [0.29, 0.717) is 32.9 Å². The first-order chi connectivity index (χ1) is 11.2. The van der Waals surface area contributed by atoms with Crippen LogP contribution in [0.2, 0.25) is 0 Å². The maximum absolute atomic E-state index is 12.8. The van der Waals surface area contributed by atoms with Crippen LogP contribution in [0.5, 0.6) is 0 Å². The van der Waals surface area contributed by atoms with E-state index in [0.717, 1.165) is 10.6 Å². The zero-order valence-electron chi connectivity index (χ0n) is 13.7. The molecule has 1 atom stereocenters. The number of piperidine rings is 1. The van der Waals surface area contributed by atoms with Crippen molar-refractivity contribution in [1.29, 1.82) is 0 Å². The quantitative estimate of drug-likeness (QED) is 0.876. The number of hydrogen-bond acceptors (Lipinski definition) is 4. The number of likely N-dealkylation sites (tertiary alicyclic amines) is 1. The van der Waals surface area contributed by atoms with Gasteiger partial charge in [0.1, 0.15) is 0 Å². The molecule has 24 heavy (non-hydrogen) atoms. The number of nitrogens with zero attached hydrogens (tertiary/aromatic N) is 3. The summed E-state index contributed by atoms with van der Waals surface area (Å²) in [6, 6.07) is 1.88. The molecule has 0 unspecified atom stereocenters. The summed E-state index contributed by atoms with van der Waals surface area (Å²) in [5, 5.41) is 13.7. The Balaban J connectivity index is 1.99. The highest BCUT2D eigenvalue weighted by Crippen LogP contribution is 2.34. The standard InChI is InChI=1S/C15H22F3N3O3/c1-14(23,15(16,17)18)13(22)20-7-4-11(5-8-20)12-3-6-19-21(12)9-10-24-2/h3,6,11,23H,4-5,7-10H2,1-2H3/t14-/m1/s1. The lowest BCUT2D eigenvalue weighted by molar-refractivity contribution is -0.250. The number of carbonyl (C=O) groups excluding carboxylic acids is 1. The molecule has 1 saturated heterocycles. The lowest BCUT2D eigenvalue weighted by Crippen LogP contribution is -2.57. The molecule has 0 radical (unpaired) electrons. The average Bonchev–Trinajstić information content (AvgIpc) is 2.99. The zero-order chi connectivity index (χ0) is 18.0. The van der Waals surface area contributed by atoms with Crippen LogP contribution in [0, 0.1) is 0 Å². The number of aromatic nitrogens is 2. The molecule has 1 fully saturated rings. The number of carbonyl (C=O) groups is 1. The summed E-state index contributed by atoms with van der Waals surface area (Å²) in [5.74, 6) is -1.18. The summed E-state index contributed by atoms with van der Waals surface area (Å²) in [6.07, 6.45) is -2.26. The smallest absolute Gasteiger partial charge is 0.383 e. The third-order valence-corrected chi connectivity index (χ3v) is 4.43. The molecule has 0 saturated carbocycles. The molecule has 1 aliphatic heterocycles. The Morgan fingerprint density at radius 1 is 1.42 bits per heavy atom. The van der Waals surface area contributed by atoms with Gasteiger partial charge in [-0.15, -0.1) is 0 Å². The van der Waals surface area contributed by atoms with Gasteiger partial charge < -0.3 is 14.7 Å². The lowest BCUT2D eigenvalue weighted by atomic mass is 9.92. The number of methoxy groups -OCH3 is 1. The third kappa shape index (κ3) is 3.72. The van der Waals surface area contributed by atoms with Crippen molar-refractivity contribution >= 4 is 5.91 Å². The van der Waals surface area contributed by atoms with Gasteiger partial charge in [0.05, 0.1) is 13.2 Å². The molecule has 136 valence electrons. The number of hydrogen-bond donors (Lipinski definition) is 1. The van der Waals surface area contributed by atoms with E-state index in [1.807, 2.05) is 10.7 Å². The Morgan fingerprint density at radius 3 is 2.58 bits per heavy atom. The summed E-state index contributed by atoms with van der Waals surface area (Å²) >= 11 is 0. The van der Waals surface area contributed by atoms with Crippen LogP contribution in [-0.4, -0.2) is 64.3 Å². The van der Waals surface area contributed by atoms with Gasteiger partial charge in [-0.2, -0.15) is 18.3 Å². The van der Waals surface area contributed by atoms with Crippen molar-refractivity contribution in [3.63, 3.8) is 0 Å². The van der Waals surface area contributed by atoms with E-state index in [-0.39, 0.29) is 19.0 Å². The van der Waals surface area contributed by atoms with Gasteiger partial charge in [0, 0.05) is 38.0 Å². The van der Waals surface area contributed by atoms with Crippen LogP contribution < -0.4 is 0 Å². The van der Waals surface area contributed by atoms with Crippen molar-refractivity contribution in [2.75, 3.05) is 26.8 Å². The number of amides is 1. The van der Waals surface area contributed by atoms with E-state index in [2.05, 4.69) is 5.10 Å². The van der Waals surface area contributed by atoms with Crippen LogP contribution in [0.1, 0.15) is 31.4 Å². The molecule has 1 aromatic rings. The highest BCUT2D eigenvalue weighted by Gasteiger charge is 2.57. The van der Waals surface area contributed by atoms with Crippen molar-refractivity contribution in [3.05, 3.63) is 18.0 Å². The van der Waals surface area contributed by atoms with Gasteiger partial charge in [-0.3, -0.25) is 9.48 Å². The van der Waals surface area contributed by atoms with Gasteiger partial charge in [0.15, 0.2) is 0 Å². The Kier molecular flexibility index (Phi) is 5.54. The molecule has 0 aliphatic carbocycles. The first-order valence-corrected chi connectivity index (χ1v) is 7.77. The van der Waals surface area contributed by atoms with E-state index >= 15 is 0 Å². The molecule has 2 heterocycles. The first-order valence-electron chi connectivity index (χ1n) is 7.77. The minimum atomic E-state index is -4.99. The third-order valence-electron chi connectivity index (χ3n) is 4.43. The summed E-state index contributed by atoms with van der Waals surface area (Å²) in [6.45, 7) is 1.96. The Bertz CT molecular complexity index is 564. The fourth-order valence-electron chi connectivity index (χ4n) is 2.86. The molecule has 0 bridgehead atoms.